The highest BCUT2D eigenvalue weighted by molar-refractivity contribution is 6.71. The molecule has 9 heteroatoms. The van der Waals surface area contributed by atoms with Crippen molar-refractivity contribution < 1.29 is 4.42 Å². The summed E-state index contributed by atoms with van der Waals surface area (Å²) in [6, 6.07) is 37.2. The number of hydrogen-bond acceptors (Lipinski definition) is 1. The largest absolute Gasteiger partial charge is 0.456 e. The fourth-order valence-corrected chi connectivity index (χ4v) is 9.22. The van der Waals surface area contributed by atoms with Gasteiger partial charge in [-0.15, -0.1) is 21.9 Å². The van der Waals surface area contributed by atoms with E-state index in [9.17, 15) is 0 Å². The Balaban J connectivity index is 1.31. The van der Waals surface area contributed by atoms with Crippen LogP contribution in [0.25, 0.3) is 88.0 Å². The predicted molar refractivity (Wildman–Crippen MR) is 246 cm³/mol. The summed E-state index contributed by atoms with van der Waals surface area (Å²) in [6.07, 6.45) is 0. The molecule has 10 rings (SSSR count). The van der Waals surface area contributed by atoms with E-state index in [4.69, 9.17) is 67.2 Å². The van der Waals surface area contributed by atoms with Crippen LogP contribution in [0.4, 0.5) is 0 Å². The maximum atomic E-state index is 7.05. The van der Waals surface area contributed by atoms with Crippen molar-refractivity contribution >= 4 is 150 Å². The quantitative estimate of drug-likeness (QED) is 0.204. The van der Waals surface area contributed by atoms with Crippen LogP contribution in [0.15, 0.2) is 114 Å². The van der Waals surface area contributed by atoms with Crippen molar-refractivity contribution in [1.82, 2.24) is 0 Å². The first-order valence-electron chi connectivity index (χ1n) is 18.4. The Bertz CT molecular complexity index is 3110. The smallest absolute Gasteiger partial charge is 0.136 e. The molecule has 0 amide bonds. The minimum absolute atomic E-state index is 0.178. The Morgan fingerprint density at radius 1 is 0.375 bits per heavy atom. The summed E-state index contributed by atoms with van der Waals surface area (Å²) in [6.45, 7) is 4.46. The monoisotopic (exact) mass is 692 g/mol. The summed E-state index contributed by atoms with van der Waals surface area (Å²) < 4.78 is 6.20. The Morgan fingerprint density at radius 3 is 1.46 bits per heavy atom. The van der Waals surface area contributed by atoms with Crippen LogP contribution in [-0.4, -0.2) is 62.8 Å². The molecule has 9 aromatic rings. The molecule has 1 aliphatic rings. The van der Waals surface area contributed by atoms with Crippen LogP contribution in [0.5, 0.6) is 0 Å². The van der Waals surface area contributed by atoms with Crippen molar-refractivity contribution in [2.75, 3.05) is 0 Å². The van der Waals surface area contributed by atoms with Crippen LogP contribution in [0, 0.1) is 0 Å². The van der Waals surface area contributed by atoms with Crippen molar-refractivity contribution in [3.63, 3.8) is 0 Å². The molecule has 16 radical (unpaired) electrons. The van der Waals surface area contributed by atoms with Gasteiger partial charge < -0.3 is 4.42 Å². The molecular weight excluding hydrogens is 667 g/mol. The van der Waals surface area contributed by atoms with Crippen molar-refractivity contribution in [3.8, 4) is 44.5 Å². The van der Waals surface area contributed by atoms with Crippen molar-refractivity contribution in [2.24, 2.45) is 0 Å². The molecule has 0 saturated heterocycles. The van der Waals surface area contributed by atoms with E-state index in [0.29, 0.717) is 32.7 Å². The molecule has 0 spiro atoms. The lowest BCUT2D eigenvalue weighted by Gasteiger charge is -2.29. The zero-order chi connectivity index (χ0) is 38.9. The highest BCUT2D eigenvalue weighted by Gasteiger charge is 2.36. The van der Waals surface area contributed by atoms with Crippen molar-refractivity contribution in [2.45, 2.75) is 19.3 Å². The fraction of sp³-hybridized carbons (Fsp3) is 0.0638. The number of para-hydroxylation sites is 1. The molecule has 242 valence electrons. The van der Waals surface area contributed by atoms with Crippen molar-refractivity contribution in [1.29, 1.82) is 0 Å². The molecule has 0 bridgehead atoms. The van der Waals surface area contributed by atoms with E-state index in [0.717, 1.165) is 55.3 Å². The summed E-state index contributed by atoms with van der Waals surface area (Å²) in [5.74, 6) is 0. The van der Waals surface area contributed by atoms with Gasteiger partial charge >= 0.3 is 0 Å². The third kappa shape index (κ3) is 4.67. The van der Waals surface area contributed by atoms with Crippen LogP contribution >= 0.6 is 0 Å². The van der Waals surface area contributed by atoms with Gasteiger partial charge in [-0.25, -0.2) is 0 Å². The van der Waals surface area contributed by atoms with Crippen LogP contribution in [0.2, 0.25) is 0 Å². The first-order valence-corrected chi connectivity index (χ1v) is 18.4. The second-order valence-electron chi connectivity index (χ2n) is 15.3. The molecule has 0 aliphatic heterocycles. The zero-order valence-electron chi connectivity index (χ0n) is 30.9. The molecule has 0 unspecified atom stereocenters. The molecule has 0 atom stereocenters. The second kappa shape index (κ2) is 12.3. The van der Waals surface area contributed by atoms with Gasteiger partial charge in [0.1, 0.15) is 73.9 Å². The number of fused-ring (bicyclic) bond motifs is 8. The molecular formula is C47H24B8O. The lowest BCUT2D eigenvalue weighted by Crippen LogP contribution is -2.50. The van der Waals surface area contributed by atoms with Crippen LogP contribution in [0.1, 0.15) is 25.0 Å². The molecule has 1 nitrogen and oxygen atoms in total. The van der Waals surface area contributed by atoms with E-state index >= 15 is 0 Å². The summed E-state index contributed by atoms with van der Waals surface area (Å²) in [4.78, 5) is 0. The van der Waals surface area contributed by atoms with E-state index in [1.807, 2.05) is 42.5 Å². The molecule has 1 aromatic heterocycles. The number of hydrogen-bond donors (Lipinski definition) is 0. The maximum Gasteiger partial charge on any atom is 0.136 e. The molecule has 1 aliphatic carbocycles. The molecule has 0 N–H and O–H groups in total. The number of rotatable bonds is 3. The minimum atomic E-state index is -0.287. The average Bonchev–Trinajstić information content (AvgIpc) is 3.71. The molecule has 1 heterocycles. The van der Waals surface area contributed by atoms with Crippen LogP contribution < -0.4 is 43.7 Å². The van der Waals surface area contributed by atoms with Gasteiger partial charge in [-0.3, -0.25) is 0 Å². The fourth-order valence-electron chi connectivity index (χ4n) is 9.22. The molecule has 0 saturated carbocycles. The highest BCUT2D eigenvalue weighted by Crippen LogP contribution is 2.51. The van der Waals surface area contributed by atoms with Crippen molar-refractivity contribution in [3.05, 3.63) is 120 Å². The van der Waals surface area contributed by atoms with Crippen LogP contribution in [-0.2, 0) is 5.41 Å². The van der Waals surface area contributed by atoms with Gasteiger partial charge in [0, 0.05) is 16.2 Å². The SMILES string of the molecule is [B]c1c([B])c([B])c2c(-c3ccc4c(c3)C(C)(C)c3ccccc3-4)c3c([B])c([B])c([B])c([B])c3c(-c3ccc(-c4cccc5oc6ccccc6c45)cc3)c2c1[B]. The Hall–Kier alpha value is -5.40. The topological polar surface area (TPSA) is 13.1 Å². The minimum Gasteiger partial charge on any atom is -0.456 e. The molecule has 56 heavy (non-hydrogen) atoms. The van der Waals surface area contributed by atoms with Gasteiger partial charge in [0.2, 0.25) is 0 Å². The van der Waals surface area contributed by atoms with Gasteiger partial charge in [0.25, 0.3) is 0 Å². The molecule has 0 fully saturated rings. The third-order valence-corrected chi connectivity index (χ3v) is 12.1. The van der Waals surface area contributed by atoms with E-state index in [1.54, 1.807) is 0 Å². The Kier molecular flexibility index (Phi) is 7.70. The lowest BCUT2D eigenvalue weighted by molar-refractivity contribution is 0.660. The van der Waals surface area contributed by atoms with E-state index in [-0.39, 0.29) is 49.1 Å². The van der Waals surface area contributed by atoms with E-state index in [1.165, 1.54) is 11.1 Å². The van der Waals surface area contributed by atoms with Gasteiger partial charge in [-0.2, -0.15) is 0 Å². The lowest BCUT2D eigenvalue weighted by atomic mass is 9.59. The van der Waals surface area contributed by atoms with E-state index in [2.05, 4.69) is 80.6 Å². The summed E-state index contributed by atoms with van der Waals surface area (Å²) in [5.41, 5.74) is 12.9. The van der Waals surface area contributed by atoms with Gasteiger partial charge in [-0.1, -0.05) is 127 Å². The second-order valence-corrected chi connectivity index (χ2v) is 15.3. The first-order chi connectivity index (χ1) is 26.9. The van der Waals surface area contributed by atoms with Gasteiger partial charge in [0.05, 0.1) is 0 Å². The number of furan rings is 1. The zero-order valence-corrected chi connectivity index (χ0v) is 30.9. The van der Waals surface area contributed by atoms with Gasteiger partial charge in [0.15, 0.2) is 0 Å². The van der Waals surface area contributed by atoms with Crippen LogP contribution in [0.3, 0.4) is 0 Å². The van der Waals surface area contributed by atoms with Gasteiger partial charge in [-0.05, 0) is 95.4 Å². The Morgan fingerprint density at radius 2 is 0.839 bits per heavy atom. The standard InChI is InChI=1S/C47H24B8O/c1-47(2)28-11-5-3-8-25(28)26-19-18-23(20-29(26)47)33-37-35(39(48)43(52)45(54)41(37)50)32(36-38(33)42(51)46(55)44(53)40(36)49)22-16-14-21(15-17-22)24-10-7-13-31-34(24)27-9-4-6-12-30(27)56-31/h3-20H,1-2H3. The third-order valence-electron chi connectivity index (χ3n) is 12.1. The summed E-state index contributed by atoms with van der Waals surface area (Å²) >= 11 is 0. The predicted octanol–water partition coefficient (Wildman–Crippen LogP) is 3.55. The summed E-state index contributed by atoms with van der Waals surface area (Å²) in [5, 5.41) is 4.45. The first kappa shape index (κ1) is 35.0. The average molecular weight is 691 g/mol. The summed E-state index contributed by atoms with van der Waals surface area (Å²) in [7, 11) is 54.8. The Labute approximate surface area is 336 Å². The normalized spacial score (nSPS) is 13.2. The maximum absolute atomic E-state index is 7.05. The highest BCUT2D eigenvalue weighted by atomic mass is 16.3. The number of benzene rings is 8. The van der Waals surface area contributed by atoms with E-state index < -0.39 is 0 Å². The molecule has 8 aromatic carbocycles.